The van der Waals surface area contributed by atoms with E-state index in [9.17, 15) is 4.79 Å². The fourth-order valence-corrected chi connectivity index (χ4v) is 1.80. The minimum Gasteiger partial charge on any atom is -0.397 e. The van der Waals surface area contributed by atoms with E-state index >= 15 is 0 Å². The number of nitrogens with two attached hydrogens (primary N) is 2. The summed E-state index contributed by atoms with van der Waals surface area (Å²) >= 11 is 2.19. The molecule has 0 aliphatic carbocycles. The lowest BCUT2D eigenvalue weighted by molar-refractivity contribution is -0.118. The standard InChI is InChI=1S/C10H14IN3O/c1-6(4-10(13)15)14-9-3-2-7(11)5-8(9)12/h2-3,5-6,14H,4,12H2,1H3,(H2,13,15). The molecule has 0 bridgehead atoms. The number of carbonyl (C=O) groups excluding carboxylic acids is 1. The molecule has 1 rings (SSSR count). The molecule has 1 unspecified atom stereocenters. The number of hydrogen-bond acceptors (Lipinski definition) is 3. The first-order valence-electron chi connectivity index (χ1n) is 4.59. The SMILES string of the molecule is CC(CC(N)=O)Nc1ccc(I)cc1N. The minimum absolute atomic E-state index is 0.00939. The lowest BCUT2D eigenvalue weighted by Gasteiger charge is -2.15. The Balaban J connectivity index is 2.68. The second-order valence-corrected chi connectivity index (χ2v) is 4.69. The second-order valence-electron chi connectivity index (χ2n) is 3.45. The summed E-state index contributed by atoms with van der Waals surface area (Å²) in [6, 6.07) is 5.72. The van der Waals surface area contributed by atoms with Crippen LogP contribution >= 0.6 is 22.6 Å². The van der Waals surface area contributed by atoms with Gasteiger partial charge in [0.05, 0.1) is 11.4 Å². The van der Waals surface area contributed by atoms with Crippen LogP contribution in [0.25, 0.3) is 0 Å². The van der Waals surface area contributed by atoms with E-state index in [0.717, 1.165) is 9.26 Å². The largest absolute Gasteiger partial charge is 0.397 e. The Morgan fingerprint density at radius 2 is 2.27 bits per heavy atom. The monoisotopic (exact) mass is 319 g/mol. The van der Waals surface area contributed by atoms with Crippen LogP contribution in [0.15, 0.2) is 18.2 Å². The van der Waals surface area contributed by atoms with Crippen LogP contribution in [-0.2, 0) is 4.79 Å². The number of primary amides is 1. The predicted molar refractivity (Wildman–Crippen MR) is 70.5 cm³/mol. The number of anilines is 2. The summed E-state index contributed by atoms with van der Waals surface area (Å²) in [6.45, 7) is 1.89. The Kier molecular flexibility index (Phi) is 4.19. The summed E-state index contributed by atoms with van der Waals surface area (Å²) in [5.41, 5.74) is 12.4. The zero-order chi connectivity index (χ0) is 11.4. The summed E-state index contributed by atoms with van der Waals surface area (Å²) in [6.07, 6.45) is 0.297. The maximum atomic E-state index is 10.7. The molecule has 0 fully saturated rings. The number of amides is 1. The smallest absolute Gasteiger partial charge is 0.219 e. The summed E-state index contributed by atoms with van der Waals surface area (Å²) in [4.78, 5) is 10.7. The van der Waals surface area contributed by atoms with Gasteiger partial charge in [0.25, 0.3) is 0 Å². The van der Waals surface area contributed by atoms with Gasteiger partial charge in [-0.3, -0.25) is 4.79 Å². The molecule has 1 aromatic rings. The van der Waals surface area contributed by atoms with Crippen molar-refractivity contribution in [3.63, 3.8) is 0 Å². The van der Waals surface area contributed by atoms with Crippen LogP contribution in [0, 0.1) is 3.57 Å². The van der Waals surface area contributed by atoms with Gasteiger partial charge in [0.15, 0.2) is 0 Å². The average molecular weight is 319 g/mol. The fourth-order valence-electron chi connectivity index (χ4n) is 1.28. The molecule has 0 saturated heterocycles. The number of rotatable bonds is 4. The lowest BCUT2D eigenvalue weighted by atomic mass is 10.2. The molecule has 4 nitrogen and oxygen atoms in total. The lowest BCUT2D eigenvalue weighted by Crippen LogP contribution is -2.24. The van der Waals surface area contributed by atoms with Gasteiger partial charge in [0, 0.05) is 16.0 Å². The van der Waals surface area contributed by atoms with Gasteiger partial charge in [0.2, 0.25) is 5.91 Å². The van der Waals surface area contributed by atoms with E-state index in [1.807, 2.05) is 25.1 Å². The van der Waals surface area contributed by atoms with Crippen LogP contribution in [0.3, 0.4) is 0 Å². The van der Waals surface area contributed by atoms with Crippen molar-refractivity contribution in [1.29, 1.82) is 0 Å². The third-order valence-corrected chi connectivity index (χ3v) is 2.59. The van der Waals surface area contributed by atoms with Crippen molar-refractivity contribution in [3.8, 4) is 0 Å². The molecule has 1 atom stereocenters. The predicted octanol–water partition coefficient (Wildman–Crippen LogP) is 1.55. The maximum absolute atomic E-state index is 10.7. The maximum Gasteiger partial charge on any atom is 0.219 e. The van der Waals surface area contributed by atoms with Crippen molar-refractivity contribution in [1.82, 2.24) is 0 Å². The van der Waals surface area contributed by atoms with Crippen LogP contribution in [0.1, 0.15) is 13.3 Å². The van der Waals surface area contributed by atoms with Crippen LogP contribution in [0.5, 0.6) is 0 Å². The minimum atomic E-state index is -0.320. The van der Waals surface area contributed by atoms with Crippen molar-refractivity contribution in [2.24, 2.45) is 5.73 Å². The summed E-state index contributed by atoms with van der Waals surface area (Å²) < 4.78 is 1.08. The van der Waals surface area contributed by atoms with E-state index in [-0.39, 0.29) is 11.9 Å². The topological polar surface area (TPSA) is 81.1 Å². The van der Waals surface area contributed by atoms with Crippen molar-refractivity contribution in [3.05, 3.63) is 21.8 Å². The Bertz CT molecular complexity index is 368. The Morgan fingerprint density at radius 1 is 1.60 bits per heavy atom. The van der Waals surface area contributed by atoms with Gasteiger partial charge in [-0.05, 0) is 47.7 Å². The van der Waals surface area contributed by atoms with E-state index in [2.05, 4.69) is 27.9 Å². The first-order valence-corrected chi connectivity index (χ1v) is 5.67. The summed E-state index contributed by atoms with van der Waals surface area (Å²) in [5, 5.41) is 3.14. The molecule has 15 heavy (non-hydrogen) atoms. The average Bonchev–Trinajstić information content (AvgIpc) is 2.08. The zero-order valence-electron chi connectivity index (χ0n) is 8.46. The van der Waals surface area contributed by atoms with E-state index < -0.39 is 0 Å². The number of nitrogen functional groups attached to an aromatic ring is 1. The third kappa shape index (κ3) is 3.94. The van der Waals surface area contributed by atoms with E-state index in [4.69, 9.17) is 11.5 Å². The van der Waals surface area contributed by atoms with Gasteiger partial charge in [0.1, 0.15) is 0 Å². The summed E-state index contributed by atoms with van der Waals surface area (Å²) in [7, 11) is 0. The van der Waals surface area contributed by atoms with Gasteiger partial charge >= 0.3 is 0 Å². The molecule has 1 aromatic carbocycles. The fraction of sp³-hybridized carbons (Fsp3) is 0.300. The molecule has 0 aliphatic heterocycles. The molecule has 0 heterocycles. The van der Waals surface area contributed by atoms with Crippen LogP contribution in [-0.4, -0.2) is 11.9 Å². The molecule has 0 saturated carbocycles. The molecule has 0 aliphatic rings. The molecule has 0 aromatic heterocycles. The quantitative estimate of drug-likeness (QED) is 0.582. The molecule has 5 heteroatoms. The van der Waals surface area contributed by atoms with Gasteiger partial charge in [-0.15, -0.1) is 0 Å². The van der Waals surface area contributed by atoms with Crippen molar-refractivity contribution in [2.45, 2.75) is 19.4 Å². The number of halogens is 1. The van der Waals surface area contributed by atoms with E-state index in [1.54, 1.807) is 0 Å². The highest BCUT2D eigenvalue weighted by Crippen LogP contribution is 2.21. The Labute approximate surface area is 103 Å². The highest BCUT2D eigenvalue weighted by Gasteiger charge is 2.07. The van der Waals surface area contributed by atoms with Crippen LogP contribution in [0.2, 0.25) is 0 Å². The van der Waals surface area contributed by atoms with E-state index in [0.29, 0.717) is 12.1 Å². The van der Waals surface area contributed by atoms with Crippen LogP contribution < -0.4 is 16.8 Å². The van der Waals surface area contributed by atoms with Gasteiger partial charge in [-0.2, -0.15) is 0 Å². The molecule has 1 amide bonds. The zero-order valence-corrected chi connectivity index (χ0v) is 10.6. The Morgan fingerprint density at radius 3 is 2.80 bits per heavy atom. The molecule has 82 valence electrons. The van der Waals surface area contributed by atoms with Crippen molar-refractivity contribution in [2.75, 3.05) is 11.1 Å². The molecule has 5 N–H and O–H groups in total. The Hall–Kier alpha value is -0.980. The van der Waals surface area contributed by atoms with E-state index in [1.165, 1.54) is 0 Å². The first kappa shape index (κ1) is 12.1. The highest BCUT2D eigenvalue weighted by atomic mass is 127. The number of benzene rings is 1. The van der Waals surface area contributed by atoms with Gasteiger partial charge in [-0.1, -0.05) is 0 Å². The number of carbonyl (C=O) groups is 1. The second kappa shape index (κ2) is 5.20. The van der Waals surface area contributed by atoms with Crippen molar-refractivity contribution < 1.29 is 4.79 Å². The highest BCUT2D eigenvalue weighted by molar-refractivity contribution is 14.1. The summed E-state index contributed by atoms with van der Waals surface area (Å²) in [5.74, 6) is -0.320. The normalized spacial score (nSPS) is 12.1. The van der Waals surface area contributed by atoms with Gasteiger partial charge in [-0.25, -0.2) is 0 Å². The molecular formula is C10H14IN3O. The molecular weight excluding hydrogens is 305 g/mol. The third-order valence-electron chi connectivity index (χ3n) is 1.92. The number of hydrogen-bond donors (Lipinski definition) is 3. The van der Waals surface area contributed by atoms with Gasteiger partial charge < -0.3 is 16.8 Å². The first-order chi connectivity index (χ1) is 6.99. The number of nitrogens with one attached hydrogen (secondary N) is 1. The van der Waals surface area contributed by atoms with Crippen molar-refractivity contribution >= 4 is 39.9 Å². The molecule has 0 spiro atoms. The molecule has 0 radical (unpaired) electrons. The van der Waals surface area contributed by atoms with Crippen LogP contribution in [0.4, 0.5) is 11.4 Å².